The number of allylic oxidation sites excluding steroid dienone is 1. The average molecular weight is 507 g/mol. The van der Waals surface area contributed by atoms with Gasteiger partial charge in [0.2, 0.25) is 5.79 Å². The molecule has 6 heteroatoms. The van der Waals surface area contributed by atoms with Crippen molar-refractivity contribution >= 4 is 16.8 Å². The summed E-state index contributed by atoms with van der Waals surface area (Å²) in [7, 11) is -1.55. The van der Waals surface area contributed by atoms with E-state index >= 15 is 0 Å². The van der Waals surface area contributed by atoms with E-state index in [9.17, 15) is 4.57 Å². The van der Waals surface area contributed by atoms with Gasteiger partial charge in [0.25, 0.3) is 0 Å². The van der Waals surface area contributed by atoms with Crippen LogP contribution in [0.1, 0.15) is 93.4 Å². The molecule has 1 saturated heterocycles. The van der Waals surface area contributed by atoms with Gasteiger partial charge in [-0.15, -0.1) is 0 Å². The fourth-order valence-electron chi connectivity index (χ4n) is 8.30. The molecule has 0 aromatic heterocycles. The molecule has 1 heterocycles. The van der Waals surface area contributed by atoms with Crippen molar-refractivity contribution in [1.29, 1.82) is 0 Å². The second kappa shape index (κ2) is 7.89. The summed E-state index contributed by atoms with van der Waals surface area (Å²) in [5, 5.41) is 0.230. The predicted molar refractivity (Wildman–Crippen MR) is 140 cm³/mol. The van der Waals surface area contributed by atoms with Gasteiger partial charge in [0.1, 0.15) is 11.9 Å². The molecule has 5 aliphatic rings. The van der Waals surface area contributed by atoms with E-state index in [2.05, 4.69) is 61.6 Å². The molecule has 4 nitrogen and oxygen atoms in total. The van der Waals surface area contributed by atoms with E-state index in [-0.39, 0.29) is 36.1 Å². The first-order valence-corrected chi connectivity index (χ1v) is 17.5. The third kappa shape index (κ3) is 3.65. The van der Waals surface area contributed by atoms with Gasteiger partial charge < -0.3 is 13.9 Å². The predicted octanol–water partition coefficient (Wildman–Crippen LogP) is 8.09. The zero-order chi connectivity index (χ0) is 24.9. The van der Waals surface area contributed by atoms with Gasteiger partial charge in [0.05, 0.1) is 6.10 Å². The van der Waals surface area contributed by atoms with Gasteiger partial charge >= 0.3 is 0 Å². The van der Waals surface area contributed by atoms with Gasteiger partial charge in [0, 0.05) is 19.5 Å². The molecule has 0 amide bonds. The topological polar surface area (TPSA) is 44.8 Å². The van der Waals surface area contributed by atoms with Crippen LogP contribution >= 0.6 is 8.46 Å². The summed E-state index contributed by atoms with van der Waals surface area (Å²) in [6.45, 7) is 21.1. The fourth-order valence-corrected chi connectivity index (χ4v) is 10.2. The minimum Gasteiger partial charge on any atom is -0.465 e. The van der Waals surface area contributed by atoms with Crippen LogP contribution < -0.4 is 0 Å². The lowest BCUT2D eigenvalue weighted by Gasteiger charge is -2.59. The molecular weight excluding hydrogens is 459 g/mol. The van der Waals surface area contributed by atoms with Crippen LogP contribution in [0.3, 0.4) is 0 Å². The molecule has 8 atom stereocenters. The standard InChI is InChI=1S/C28H47O4PSi/c1-25(2,3)34(8,9)32-21-11-10-18-22-19(13-15-28(18,21)7)27(6)14-12-17(33-29)16-20(27)23-24(22)31-26(4,5)30-23/h17-19,21-22,24H,10-16H2,1-9H3/t17?,18?,19?,21-,22?,24+,27+,28-/m0/s1. The molecule has 0 bridgehead atoms. The molecule has 3 saturated carbocycles. The second-order valence-electron chi connectivity index (χ2n) is 14.6. The van der Waals surface area contributed by atoms with Crippen molar-refractivity contribution in [3.63, 3.8) is 0 Å². The number of hydrogen-bond donors (Lipinski definition) is 0. The Morgan fingerprint density at radius 1 is 1.00 bits per heavy atom. The summed E-state index contributed by atoms with van der Waals surface area (Å²) in [5.41, 5.74) is 2.00. The Labute approximate surface area is 210 Å². The summed E-state index contributed by atoms with van der Waals surface area (Å²) >= 11 is 0. The van der Waals surface area contributed by atoms with Crippen molar-refractivity contribution in [1.82, 2.24) is 0 Å². The van der Waals surface area contributed by atoms with Gasteiger partial charge in [-0.25, -0.2) is 0 Å². The zero-order valence-electron chi connectivity index (χ0n) is 23.0. The van der Waals surface area contributed by atoms with E-state index in [1.807, 2.05) is 0 Å². The van der Waals surface area contributed by atoms with E-state index in [1.54, 1.807) is 0 Å². The molecule has 4 aliphatic carbocycles. The Bertz CT molecular complexity index is 891. The van der Waals surface area contributed by atoms with Crippen LogP contribution in [0, 0.1) is 28.6 Å². The third-order valence-corrected chi connectivity index (χ3v) is 16.5. The Hall–Kier alpha value is -0.223. The van der Waals surface area contributed by atoms with Crippen LogP contribution in [-0.2, 0) is 18.5 Å². The van der Waals surface area contributed by atoms with Crippen LogP contribution in [0.15, 0.2) is 11.3 Å². The van der Waals surface area contributed by atoms with Gasteiger partial charge in [-0.05, 0) is 97.2 Å². The first-order chi connectivity index (χ1) is 15.6. The number of fused-ring (bicyclic) bond motifs is 7. The highest BCUT2D eigenvalue weighted by atomic mass is 31.1. The van der Waals surface area contributed by atoms with Crippen molar-refractivity contribution < 1.29 is 18.5 Å². The van der Waals surface area contributed by atoms with Gasteiger partial charge in [0.15, 0.2) is 16.8 Å². The molecule has 0 radical (unpaired) electrons. The van der Waals surface area contributed by atoms with Gasteiger partial charge in [-0.2, -0.15) is 0 Å². The second-order valence-corrected chi connectivity index (χ2v) is 20.3. The molecule has 4 fully saturated rings. The summed E-state index contributed by atoms with van der Waals surface area (Å²) in [6.07, 6.45) is 8.36. The molecule has 0 aromatic rings. The van der Waals surface area contributed by atoms with Crippen molar-refractivity contribution in [3.05, 3.63) is 11.3 Å². The van der Waals surface area contributed by atoms with E-state index < -0.39 is 14.1 Å². The van der Waals surface area contributed by atoms with E-state index in [4.69, 9.17) is 13.9 Å². The molecule has 34 heavy (non-hydrogen) atoms. The normalized spacial score (nSPS) is 45.9. The first kappa shape index (κ1) is 25.4. The highest BCUT2D eigenvalue weighted by Crippen LogP contribution is 2.68. The Balaban J connectivity index is 1.52. The zero-order valence-corrected chi connectivity index (χ0v) is 24.9. The molecule has 5 rings (SSSR count). The Morgan fingerprint density at radius 3 is 2.35 bits per heavy atom. The first-order valence-electron chi connectivity index (χ1n) is 13.7. The van der Waals surface area contributed by atoms with Gasteiger partial charge in [-0.3, -0.25) is 4.57 Å². The molecule has 0 aromatic carbocycles. The summed E-state index contributed by atoms with van der Waals surface area (Å²) in [6, 6.07) is 0. The maximum absolute atomic E-state index is 11.8. The molecule has 0 N–H and O–H groups in total. The highest BCUT2D eigenvalue weighted by Gasteiger charge is 2.66. The molecule has 4 unspecified atom stereocenters. The summed E-state index contributed by atoms with van der Waals surface area (Å²) in [4.78, 5) is 0. The summed E-state index contributed by atoms with van der Waals surface area (Å²) < 4.78 is 32.3. The molecular formula is C28H47O4PSi. The maximum Gasteiger partial charge on any atom is 0.205 e. The maximum atomic E-state index is 11.8. The van der Waals surface area contributed by atoms with Crippen LogP contribution in [0.4, 0.5) is 0 Å². The molecule has 192 valence electrons. The monoisotopic (exact) mass is 506 g/mol. The third-order valence-electron chi connectivity index (χ3n) is 11.3. The van der Waals surface area contributed by atoms with Crippen molar-refractivity contribution in [2.45, 2.75) is 135 Å². The lowest BCUT2D eigenvalue weighted by Crippen LogP contribution is -2.57. The Kier molecular flexibility index (Phi) is 5.90. The van der Waals surface area contributed by atoms with Crippen LogP contribution in [0.2, 0.25) is 18.1 Å². The number of rotatable bonds is 3. The minimum absolute atomic E-state index is 0.0430. The summed E-state index contributed by atoms with van der Waals surface area (Å²) in [5.74, 6) is 2.22. The average Bonchev–Trinajstić information content (AvgIpc) is 3.22. The minimum atomic E-state index is -1.84. The van der Waals surface area contributed by atoms with Crippen LogP contribution in [0.5, 0.6) is 0 Å². The van der Waals surface area contributed by atoms with E-state index in [0.29, 0.717) is 23.9 Å². The van der Waals surface area contributed by atoms with E-state index in [0.717, 1.165) is 25.0 Å². The molecule has 0 spiro atoms. The van der Waals surface area contributed by atoms with Gasteiger partial charge in [-0.1, -0.05) is 34.6 Å². The van der Waals surface area contributed by atoms with E-state index in [1.165, 1.54) is 31.3 Å². The smallest absolute Gasteiger partial charge is 0.205 e. The highest BCUT2D eigenvalue weighted by molar-refractivity contribution is 7.24. The fraction of sp³-hybridized carbons (Fsp3) is 0.929. The van der Waals surface area contributed by atoms with Crippen molar-refractivity contribution in [2.24, 2.45) is 28.6 Å². The quantitative estimate of drug-likeness (QED) is 0.287. The number of ether oxygens (including phenoxy) is 2. The van der Waals surface area contributed by atoms with Crippen LogP contribution in [0.25, 0.3) is 0 Å². The largest absolute Gasteiger partial charge is 0.465 e. The number of hydrogen-bond acceptors (Lipinski definition) is 4. The van der Waals surface area contributed by atoms with Crippen molar-refractivity contribution in [3.8, 4) is 0 Å². The lowest BCUT2D eigenvalue weighted by atomic mass is 9.47. The van der Waals surface area contributed by atoms with Crippen molar-refractivity contribution in [2.75, 3.05) is 0 Å². The molecule has 1 aliphatic heterocycles. The van der Waals surface area contributed by atoms with Crippen LogP contribution in [-0.4, -0.2) is 32.0 Å². The lowest BCUT2D eigenvalue weighted by molar-refractivity contribution is -0.164. The SMILES string of the molecule is CC1(C)OC2=C3CC(P=O)CC[C@]3(C)C3CC[C@@]4(C)C(CC[C@@H]4O[Si](C)(C)C(C)(C)C)C3[C@H]2O1. The Morgan fingerprint density at radius 2 is 1.71 bits per heavy atom.